The van der Waals surface area contributed by atoms with Crippen LogP contribution < -0.4 is 9.47 Å². The standard InChI is InChI=1S/C55H38O36/c56-19-2-13(3-20(57)32(19)65)50(79)89-46-45-29(11-84-52(81)15-7-22(59)34(67)38(71)30(15)31-16(53(82)88-45)8-23(60)35(68)39(31)72)86-55(91-51(80)14-4-26(63)44(27(64)5-14)87-42-17(49(77)78)9-24(61)36(69)40(42)73)47(46)90-54(83)18-10-25(62)37(70)41(74)43(18)85-28-6-12(48(75)76)1-21(58)33(28)66/h1-10,29,45-47,55-74H,11H2,(H,75,76)(H,77,78)/t29?,45-,46?,47+,55+/m1/s1. The molecule has 0 bridgehead atoms. The second-order valence-electron chi connectivity index (χ2n) is 19.0. The Kier molecular flexibility index (Phi) is 15.8. The van der Waals surface area contributed by atoms with Gasteiger partial charge in [0.25, 0.3) is 0 Å². The summed E-state index contributed by atoms with van der Waals surface area (Å²) in [6.45, 7) is -1.48. The van der Waals surface area contributed by atoms with Crippen molar-refractivity contribution in [1.29, 1.82) is 0 Å². The van der Waals surface area contributed by atoms with Gasteiger partial charge in [0.05, 0.1) is 27.8 Å². The lowest BCUT2D eigenvalue weighted by molar-refractivity contribution is -0.282. The summed E-state index contributed by atoms with van der Waals surface area (Å²) in [5.74, 6) is -45.0. The van der Waals surface area contributed by atoms with Gasteiger partial charge in [-0.05, 0) is 48.5 Å². The molecule has 9 rings (SSSR count). The fraction of sp³-hybridized carbons (Fsp3) is 0.109. The van der Waals surface area contributed by atoms with Crippen LogP contribution in [0.15, 0.2) is 60.7 Å². The van der Waals surface area contributed by atoms with Gasteiger partial charge in [-0.2, -0.15) is 0 Å². The molecule has 0 saturated carbocycles. The molecule has 7 aromatic carbocycles. The molecule has 1 saturated heterocycles. The van der Waals surface area contributed by atoms with Crippen molar-refractivity contribution in [2.24, 2.45) is 0 Å². The van der Waals surface area contributed by atoms with Crippen LogP contribution in [-0.2, 0) is 28.4 Å². The Morgan fingerprint density at radius 2 is 0.813 bits per heavy atom. The Morgan fingerprint density at radius 1 is 0.385 bits per heavy atom. The number of fused-ring (bicyclic) bond motifs is 4. The van der Waals surface area contributed by atoms with Crippen molar-refractivity contribution in [3.63, 3.8) is 0 Å². The molecule has 0 radical (unpaired) electrons. The minimum absolute atomic E-state index is 0.218. The van der Waals surface area contributed by atoms with E-state index in [0.717, 1.165) is 0 Å². The zero-order chi connectivity index (χ0) is 66.8. The van der Waals surface area contributed by atoms with Crippen LogP contribution in [0.1, 0.15) is 72.5 Å². The third-order valence-corrected chi connectivity index (χ3v) is 13.3. The van der Waals surface area contributed by atoms with Gasteiger partial charge in [-0.25, -0.2) is 33.6 Å². The maximum atomic E-state index is 14.9. The van der Waals surface area contributed by atoms with Crippen molar-refractivity contribution >= 4 is 41.8 Å². The molecule has 36 nitrogen and oxygen atoms in total. The molecule has 0 aliphatic carbocycles. The summed E-state index contributed by atoms with van der Waals surface area (Å²) in [5.41, 5.74) is -10.2. The number of ether oxygens (including phenoxy) is 8. The van der Waals surface area contributed by atoms with Gasteiger partial charge in [0.15, 0.2) is 98.5 Å². The van der Waals surface area contributed by atoms with Gasteiger partial charge in [-0.3, -0.25) is 0 Å². The number of rotatable bonds is 12. The van der Waals surface area contributed by atoms with Crippen molar-refractivity contribution in [3.8, 4) is 143 Å². The van der Waals surface area contributed by atoms with Gasteiger partial charge in [0, 0.05) is 23.3 Å². The van der Waals surface area contributed by atoms with Crippen LogP contribution in [0, 0.1) is 0 Å². The molecule has 5 atom stereocenters. The van der Waals surface area contributed by atoms with E-state index in [-0.39, 0.29) is 6.07 Å². The minimum atomic E-state index is -2.96. The largest absolute Gasteiger partial charge is 0.504 e. The highest BCUT2D eigenvalue weighted by Gasteiger charge is 2.56. The smallest absolute Gasteiger partial charge is 0.342 e. The molecule has 21 N–H and O–H groups in total. The molecule has 2 heterocycles. The highest BCUT2D eigenvalue weighted by molar-refractivity contribution is 6.08. The molecule has 1 fully saturated rings. The molecule has 7 aromatic rings. The van der Waals surface area contributed by atoms with Gasteiger partial charge in [-0.15, -0.1) is 0 Å². The van der Waals surface area contributed by atoms with Gasteiger partial charge in [-0.1, -0.05) is 0 Å². The zero-order valence-electron chi connectivity index (χ0n) is 44.4. The van der Waals surface area contributed by atoms with E-state index in [2.05, 4.69) is 0 Å². The monoisotopic (exact) mass is 1270 g/mol. The average molecular weight is 1270 g/mol. The van der Waals surface area contributed by atoms with E-state index >= 15 is 0 Å². The van der Waals surface area contributed by atoms with E-state index in [9.17, 15) is 141 Å². The summed E-state index contributed by atoms with van der Waals surface area (Å²) in [6.07, 6.45) is -13.9. The maximum absolute atomic E-state index is 14.9. The van der Waals surface area contributed by atoms with Gasteiger partial charge < -0.3 is 145 Å². The van der Waals surface area contributed by atoms with E-state index < -0.39 is 261 Å². The Labute approximate surface area is 499 Å². The third-order valence-electron chi connectivity index (χ3n) is 13.3. The first-order valence-corrected chi connectivity index (χ1v) is 24.7. The predicted octanol–water partition coefficient (Wildman–Crippen LogP) is 3.47. The number of hydrogen-bond donors (Lipinski definition) is 21. The molecular weight excluding hydrogens is 1240 g/mol. The van der Waals surface area contributed by atoms with Crippen molar-refractivity contribution in [2.45, 2.75) is 30.7 Å². The molecule has 2 aliphatic heterocycles. The van der Waals surface area contributed by atoms with Crippen molar-refractivity contribution in [1.82, 2.24) is 0 Å². The fourth-order valence-electron chi connectivity index (χ4n) is 8.92. The number of aromatic hydroxyl groups is 19. The molecule has 2 unspecified atom stereocenters. The summed E-state index contributed by atoms with van der Waals surface area (Å²) in [5, 5.41) is 222. The van der Waals surface area contributed by atoms with Gasteiger partial charge in [0.1, 0.15) is 23.8 Å². The second-order valence-corrected chi connectivity index (χ2v) is 19.0. The first-order chi connectivity index (χ1) is 42.7. The number of aromatic carboxylic acids is 2. The lowest BCUT2D eigenvalue weighted by Gasteiger charge is -2.43. The summed E-state index contributed by atoms with van der Waals surface area (Å²) in [7, 11) is 0. The van der Waals surface area contributed by atoms with Gasteiger partial charge in [0.2, 0.25) is 58.4 Å². The number of phenols is 19. The fourth-order valence-corrected chi connectivity index (χ4v) is 8.92. The zero-order valence-corrected chi connectivity index (χ0v) is 44.4. The Balaban J connectivity index is 1.24. The number of carboxylic acid groups (broad SMARTS) is 2. The second kappa shape index (κ2) is 23.1. The Hall–Kier alpha value is -13.4. The molecule has 0 amide bonds. The SMILES string of the molecule is O=C(O)c1cc(O)c(O)c(Oc2c(C(=O)O[C@H]3C(OC(=O)c4cc(O)c(O)c(O)c4)[C@@H]4OC(=O)c5cc(O)c(O)c(O)c5-c5c(cc(O)c(O)c5O)C(=O)OCC4O[C@H]3OC(=O)c3cc(O)c(Oc4c(C(=O)O)cc(O)c(O)c4O)c(O)c3)cc(O)c(O)c2O)c1. The van der Waals surface area contributed by atoms with Crippen LogP contribution >= 0.6 is 0 Å². The van der Waals surface area contributed by atoms with Crippen LogP contribution in [0.3, 0.4) is 0 Å². The van der Waals surface area contributed by atoms with Crippen LogP contribution in [0.5, 0.6) is 132 Å². The van der Waals surface area contributed by atoms with E-state index in [1.165, 1.54) is 0 Å². The molecular formula is C55H38O36. The molecule has 0 spiro atoms. The van der Waals surface area contributed by atoms with Crippen molar-refractivity contribution in [3.05, 3.63) is 99.6 Å². The topological polar surface area (TPSA) is 618 Å². The molecule has 91 heavy (non-hydrogen) atoms. The van der Waals surface area contributed by atoms with Crippen molar-refractivity contribution < 1.29 is 179 Å². The number of cyclic esters (lactones) is 1. The van der Waals surface area contributed by atoms with E-state index in [1.54, 1.807) is 0 Å². The molecule has 474 valence electrons. The number of esters is 5. The van der Waals surface area contributed by atoms with E-state index in [1.807, 2.05) is 0 Å². The summed E-state index contributed by atoms with van der Waals surface area (Å²) < 4.78 is 44.6. The lowest BCUT2D eigenvalue weighted by Crippen LogP contribution is -2.63. The van der Waals surface area contributed by atoms with Crippen LogP contribution in [0.25, 0.3) is 11.1 Å². The highest BCUT2D eigenvalue weighted by atomic mass is 16.7. The number of carbonyl (C=O) groups is 7. The maximum Gasteiger partial charge on any atom is 0.342 e. The number of carboxylic acids is 2. The van der Waals surface area contributed by atoms with Crippen molar-refractivity contribution in [2.75, 3.05) is 6.61 Å². The molecule has 36 heteroatoms. The number of hydrogen-bond acceptors (Lipinski definition) is 34. The predicted molar refractivity (Wildman–Crippen MR) is 282 cm³/mol. The first-order valence-electron chi connectivity index (χ1n) is 24.7. The van der Waals surface area contributed by atoms with E-state index in [4.69, 9.17) is 37.9 Å². The minimum Gasteiger partial charge on any atom is -0.504 e. The third kappa shape index (κ3) is 11.1. The summed E-state index contributed by atoms with van der Waals surface area (Å²) in [6, 6.07) is 3.78. The van der Waals surface area contributed by atoms with Gasteiger partial charge >= 0.3 is 41.8 Å². The Bertz CT molecular complexity index is 4270. The summed E-state index contributed by atoms with van der Waals surface area (Å²) in [4.78, 5) is 96.7. The van der Waals surface area contributed by atoms with Crippen LogP contribution in [0.4, 0.5) is 0 Å². The number of carbonyl (C=O) groups excluding carboxylic acids is 5. The first kappa shape index (κ1) is 62.1. The lowest BCUT2D eigenvalue weighted by atomic mass is 9.92. The number of benzene rings is 7. The normalized spacial score (nSPS) is 16.9. The highest BCUT2D eigenvalue weighted by Crippen LogP contribution is 2.55. The quantitative estimate of drug-likeness (QED) is 0.0473. The average Bonchev–Trinajstić information content (AvgIpc) is 2.37. The van der Waals surface area contributed by atoms with E-state index in [0.29, 0.717) is 54.6 Å². The Morgan fingerprint density at radius 3 is 1.34 bits per heavy atom. The molecule has 2 aliphatic rings. The number of phenolic OH excluding ortho intramolecular Hbond substituents is 19. The van der Waals surface area contributed by atoms with Crippen LogP contribution in [-0.4, -0.2) is 186 Å². The summed E-state index contributed by atoms with van der Waals surface area (Å²) >= 11 is 0. The molecule has 0 aromatic heterocycles. The van der Waals surface area contributed by atoms with Crippen LogP contribution in [0.2, 0.25) is 0 Å².